The zero-order valence-corrected chi connectivity index (χ0v) is 15.2. The molecule has 4 rings (SSSR count). The number of nitrogens with zero attached hydrogens (tertiary/aromatic N) is 2. The molecule has 2 aliphatic rings. The molecule has 1 unspecified atom stereocenters. The van der Waals surface area contributed by atoms with Gasteiger partial charge in [0, 0.05) is 43.3 Å². The molecule has 2 aromatic rings. The van der Waals surface area contributed by atoms with Crippen molar-refractivity contribution in [2.24, 2.45) is 0 Å². The van der Waals surface area contributed by atoms with Crippen molar-refractivity contribution in [2.45, 2.75) is 38.1 Å². The molecule has 2 N–H and O–H groups in total. The minimum atomic E-state index is -0.167. The van der Waals surface area contributed by atoms with Crippen molar-refractivity contribution in [1.29, 1.82) is 0 Å². The van der Waals surface area contributed by atoms with Crippen LogP contribution in [0.5, 0.6) is 5.75 Å². The first kappa shape index (κ1) is 17.6. The molecule has 142 valence electrons. The van der Waals surface area contributed by atoms with Crippen molar-refractivity contribution < 1.29 is 9.53 Å². The second-order valence-corrected chi connectivity index (χ2v) is 7.05. The molecule has 1 fully saturated rings. The number of H-pyrrole nitrogens is 1. The second-order valence-electron chi connectivity index (χ2n) is 7.05. The van der Waals surface area contributed by atoms with E-state index in [0.29, 0.717) is 25.4 Å². The first-order valence-corrected chi connectivity index (χ1v) is 9.55. The maximum Gasteiger partial charge on any atom is 0.252 e. The number of para-hydroxylation sites is 1. The van der Waals surface area contributed by atoms with Gasteiger partial charge in [0.2, 0.25) is 11.9 Å². The Morgan fingerprint density at radius 2 is 2.19 bits per heavy atom. The number of aryl methyl sites for hydroxylation is 1. The molecule has 7 nitrogen and oxygen atoms in total. The van der Waals surface area contributed by atoms with Crippen molar-refractivity contribution in [3.05, 3.63) is 51.9 Å². The summed E-state index contributed by atoms with van der Waals surface area (Å²) >= 11 is 0. The fraction of sp³-hybridized carbons (Fsp3) is 0.450. The zero-order chi connectivity index (χ0) is 18.6. The lowest BCUT2D eigenvalue weighted by Crippen LogP contribution is -2.26. The summed E-state index contributed by atoms with van der Waals surface area (Å²) in [6.07, 6.45) is 3.89. The number of hydrogen-bond donors (Lipinski definition) is 2. The molecule has 0 saturated carbocycles. The van der Waals surface area contributed by atoms with Crippen LogP contribution in [0.25, 0.3) is 0 Å². The van der Waals surface area contributed by atoms with E-state index < -0.39 is 0 Å². The molecule has 2 aliphatic heterocycles. The number of likely N-dealkylation sites (tertiary alicyclic amines) is 1. The number of nitrogens with one attached hydrogen (secondary N) is 2. The third-order valence-electron chi connectivity index (χ3n) is 5.10. The molecule has 27 heavy (non-hydrogen) atoms. The number of carbonyl (C=O) groups excluding carboxylic acids is 1. The predicted molar refractivity (Wildman–Crippen MR) is 102 cm³/mol. The van der Waals surface area contributed by atoms with Gasteiger partial charge < -0.3 is 15.0 Å². The molecule has 0 bridgehead atoms. The molecule has 0 radical (unpaired) electrons. The molecule has 7 heteroatoms. The van der Waals surface area contributed by atoms with E-state index in [9.17, 15) is 9.59 Å². The fourth-order valence-corrected chi connectivity index (χ4v) is 3.75. The molecular formula is C20H24N4O3. The zero-order valence-electron chi connectivity index (χ0n) is 15.2. The Balaban J connectivity index is 1.42. The Labute approximate surface area is 157 Å². The summed E-state index contributed by atoms with van der Waals surface area (Å²) in [6.45, 7) is 2.20. The van der Waals surface area contributed by atoms with E-state index in [1.807, 2.05) is 29.2 Å². The SMILES string of the molecule is O=C1CCCN1CCCc1cc(=O)[nH]c(NC2CCOc3ccccc32)n1. The second kappa shape index (κ2) is 7.82. The van der Waals surface area contributed by atoms with Crippen LogP contribution in [0.4, 0.5) is 5.95 Å². The molecular weight excluding hydrogens is 344 g/mol. The number of anilines is 1. The first-order valence-electron chi connectivity index (χ1n) is 9.55. The van der Waals surface area contributed by atoms with Gasteiger partial charge in [0.15, 0.2) is 0 Å². The fourth-order valence-electron chi connectivity index (χ4n) is 3.75. The third kappa shape index (κ3) is 4.13. The van der Waals surface area contributed by atoms with E-state index >= 15 is 0 Å². The first-order chi connectivity index (χ1) is 13.2. The van der Waals surface area contributed by atoms with Crippen LogP contribution in [-0.4, -0.2) is 40.5 Å². The summed E-state index contributed by atoms with van der Waals surface area (Å²) in [7, 11) is 0. The molecule has 1 aromatic carbocycles. The van der Waals surface area contributed by atoms with Gasteiger partial charge in [0.05, 0.1) is 12.6 Å². The normalized spacial score (nSPS) is 18.9. The van der Waals surface area contributed by atoms with Gasteiger partial charge in [-0.3, -0.25) is 14.6 Å². The van der Waals surface area contributed by atoms with Crippen molar-refractivity contribution in [3.63, 3.8) is 0 Å². The number of hydrogen-bond acceptors (Lipinski definition) is 5. The summed E-state index contributed by atoms with van der Waals surface area (Å²) in [5.41, 5.74) is 1.65. The average Bonchev–Trinajstić information content (AvgIpc) is 3.07. The van der Waals surface area contributed by atoms with E-state index in [4.69, 9.17) is 4.74 Å². The monoisotopic (exact) mass is 368 g/mol. The topological polar surface area (TPSA) is 87.3 Å². The van der Waals surface area contributed by atoms with E-state index in [2.05, 4.69) is 15.3 Å². The highest BCUT2D eigenvalue weighted by Crippen LogP contribution is 2.33. The molecule has 0 spiro atoms. The molecule has 1 amide bonds. The largest absolute Gasteiger partial charge is 0.493 e. The van der Waals surface area contributed by atoms with Gasteiger partial charge in [0.25, 0.3) is 5.56 Å². The van der Waals surface area contributed by atoms with Gasteiger partial charge in [-0.15, -0.1) is 0 Å². The summed E-state index contributed by atoms with van der Waals surface area (Å²) in [5.74, 6) is 1.58. The number of amides is 1. The van der Waals surface area contributed by atoms with Gasteiger partial charge in [-0.2, -0.15) is 0 Å². The average molecular weight is 368 g/mol. The highest BCUT2D eigenvalue weighted by Gasteiger charge is 2.22. The van der Waals surface area contributed by atoms with Gasteiger partial charge in [0.1, 0.15) is 5.75 Å². The Hall–Kier alpha value is -2.83. The van der Waals surface area contributed by atoms with Crippen LogP contribution in [0.3, 0.4) is 0 Å². The summed E-state index contributed by atoms with van der Waals surface area (Å²) in [5, 5.41) is 3.35. The van der Waals surface area contributed by atoms with E-state index in [0.717, 1.165) is 49.4 Å². The summed E-state index contributed by atoms with van der Waals surface area (Å²) in [4.78, 5) is 33.0. The highest BCUT2D eigenvalue weighted by atomic mass is 16.5. The maximum atomic E-state index is 12.0. The number of aromatic amines is 1. The van der Waals surface area contributed by atoms with Gasteiger partial charge in [-0.1, -0.05) is 18.2 Å². The maximum absolute atomic E-state index is 12.0. The lowest BCUT2D eigenvalue weighted by Gasteiger charge is -2.26. The number of rotatable bonds is 6. The molecule has 3 heterocycles. The molecule has 1 atom stereocenters. The van der Waals surface area contributed by atoms with Crippen LogP contribution in [0, 0.1) is 0 Å². The number of benzene rings is 1. The van der Waals surface area contributed by atoms with Crippen LogP contribution in [0.2, 0.25) is 0 Å². The van der Waals surface area contributed by atoms with Crippen LogP contribution in [0.15, 0.2) is 35.1 Å². The number of ether oxygens (including phenoxy) is 1. The standard InChI is InChI=1S/C20H24N4O3/c25-18-13-14(5-3-10-24-11-4-8-19(24)26)21-20(23-18)22-16-9-12-27-17-7-2-1-6-15(16)17/h1-2,6-7,13,16H,3-5,8-12H2,(H2,21,22,23,25). The van der Waals surface area contributed by atoms with Crippen molar-refractivity contribution in [3.8, 4) is 5.75 Å². The Kier molecular flexibility index (Phi) is 5.09. The molecule has 1 aromatic heterocycles. The number of fused-ring (bicyclic) bond motifs is 1. The summed E-state index contributed by atoms with van der Waals surface area (Å²) < 4.78 is 5.68. The molecule has 1 saturated heterocycles. The predicted octanol–water partition coefficient (Wildman–Crippen LogP) is 2.26. The van der Waals surface area contributed by atoms with Crippen molar-refractivity contribution in [1.82, 2.24) is 14.9 Å². The quantitative estimate of drug-likeness (QED) is 0.817. The lowest BCUT2D eigenvalue weighted by atomic mass is 10.0. The lowest BCUT2D eigenvalue weighted by molar-refractivity contribution is -0.127. The van der Waals surface area contributed by atoms with Crippen LogP contribution in [-0.2, 0) is 11.2 Å². The summed E-state index contributed by atoms with van der Waals surface area (Å²) in [6, 6.07) is 9.50. The van der Waals surface area contributed by atoms with Crippen LogP contribution >= 0.6 is 0 Å². The van der Waals surface area contributed by atoms with Gasteiger partial charge in [-0.25, -0.2) is 4.98 Å². The van der Waals surface area contributed by atoms with Crippen molar-refractivity contribution in [2.75, 3.05) is 25.0 Å². The minimum absolute atomic E-state index is 0.0515. The smallest absolute Gasteiger partial charge is 0.252 e. The van der Waals surface area contributed by atoms with E-state index in [-0.39, 0.29) is 17.5 Å². The minimum Gasteiger partial charge on any atom is -0.493 e. The van der Waals surface area contributed by atoms with E-state index in [1.165, 1.54) is 6.07 Å². The van der Waals surface area contributed by atoms with Crippen molar-refractivity contribution >= 4 is 11.9 Å². The Morgan fingerprint density at radius 3 is 3.04 bits per heavy atom. The van der Waals surface area contributed by atoms with Gasteiger partial charge in [-0.05, 0) is 25.3 Å². The Bertz CT molecular complexity index is 880. The van der Waals surface area contributed by atoms with Gasteiger partial charge >= 0.3 is 0 Å². The van der Waals surface area contributed by atoms with Crippen LogP contribution in [0.1, 0.15) is 43.0 Å². The third-order valence-corrected chi connectivity index (χ3v) is 5.10. The number of aromatic nitrogens is 2. The van der Waals surface area contributed by atoms with E-state index in [1.54, 1.807) is 0 Å². The molecule has 0 aliphatic carbocycles. The Morgan fingerprint density at radius 1 is 1.30 bits per heavy atom. The highest BCUT2D eigenvalue weighted by molar-refractivity contribution is 5.77. The van der Waals surface area contributed by atoms with Crippen LogP contribution < -0.4 is 15.6 Å². The number of carbonyl (C=O) groups is 1.